The number of benzene rings is 1. The molecule has 0 aliphatic carbocycles. The summed E-state index contributed by atoms with van der Waals surface area (Å²) in [6.45, 7) is 3.49. The van der Waals surface area contributed by atoms with Crippen LogP contribution in [0.2, 0.25) is 0 Å². The number of carbonyl (C=O) groups is 1. The van der Waals surface area contributed by atoms with Crippen molar-refractivity contribution in [3.63, 3.8) is 0 Å². The smallest absolute Gasteiger partial charge is 0.314 e. The first-order valence-electron chi connectivity index (χ1n) is 4.88. The Kier molecular flexibility index (Phi) is 2.69. The van der Waals surface area contributed by atoms with E-state index in [1.54, 1.807) is 0 Å². The predicted octanol–water partition coefficient (Wildman–Crippen LogP) is 2.02. The molecule has 80 valence electrons. The van der Waals surface area contributed by atoms with Gasteiger partial charge in [0, 0.05) is 23.0 Å². The van der Waals surface area contributed by atoms with Crippen LogP contribution in [0.15, 0.2) is 28.7 Å². The van der Waals surface area contributed by atoms with Crippen molar-refractivity contribution in [1.29, 1.82) is 0 Å². The van der Waals surface area contributed by atoms with E-state index in [1.807, 2.05) is 12.1 Å². The fourth-order valence-corrected chi connectivity index (χ4v) is 2.14. The van der Waals surface area contributed by atoms with Gasteiger partial charge in [-0.25, -0.2) is 4.79 Å². The summed E-state index contributed by atoms with van der Waals surface area (Å²) in [5.74, 6) is 0. The number of hydrogen-bond donors (Lipinski definition) is 2. The first-order chi connectivity index (χ1) is 7.10. The zero-order valence-electron chi connectivity index (χ0n) is 8.51. The number of carbonyl (C=O) groups excluding carboxylic acids is 1. The molecular weight excluding hydrogens is 256 g/mol. The Bertz CT molecular complexity index is 382. The summed E-state index contributed by atoms with van der Waals surface area (Å²) in [5.41, 5.74) is 1.20. The third-order valence-electron chi connectivity index (χ3n) is 2.80. The van der Waals surface area contributed by atoms with E-state index >= 15 is 0 Å². The molecule has 2 rings (SSSR count). The van der Waals surface area contributed by atoms with Gasteiger partial charge in [0.1, 0.15) is 0 Å². The van der Waals surface area contributed by atoms with Crippen LogP contribution in [0.5, 0.6) is 0 Å². The SMILES string of the molecule is CC1(c2cccc(Br)c2)CNC(=O)NC1. The first-order valence-corrected chi connectivity index (χ1v) is 5.67. The second-order valence-electron chi connectivity index (χ2n) is 4.11. The quantitative estimate of drug-likeness (QED) is 0.804. The van der Waals surface area contributed by atoms with E-state index in [-0.39, 0.29) is 11.4 Å². The van der Waals surface area contributed by atoms with Crippen molar-refractivity contribution >= 4 is 22.0 Å². The van der Waals surface area contributed by atoms with E-state index in [0.29, 0.717) is 13.1 Å². The minimum absolute atomic E-state index is 0.0301. The van der Waals surface area contributed by atoms with Crippen LogP contribution in [-0.2, 0) is 5.41 Å². The van der Waals surface area contributed by atoms with Gasteiger partial charge in [0.15, 0.2) is 0 Å². The molecule has 4 heteroatoms. The molecule has 2 amide bonds. The van der Waals surface area contributed by atoms with Gasteiger partial charge in [-0.3, -0.25) is 0 Å². The average Bonchev–Trinajstić information content (AvgIpc) is 2.23. The van der Waals surface area contributed by atoms with Crippen LogP contribution in [-0.4, -0.2) is 19.1 Å². The predicted molar refractivity (Wildman–Crippen MR) is 62.9 cm³/mol. The maximum Gasteiger partial charge on any atom is 0.314 e. The minimum atomic E-state index is -0.0810. The zero-order valence-corrected chi connectivity index (χ0v) is 10.1. The van der Waals surface area contributed by atoms with Crippen molar-refractivity contribution < 1.29 is 4.79 Å². The number of halogens is 1. The molecule has 0 radical (unpaired) electrons. The molecule has 1 aliphatic rings. The second-order valence-corrected chi connectivity index (χ2v) is 5.02. The molecule has 3 nitrogen and oxygen atoms in total. The molecule has 1 heterocycles. The average molecular weight is 269 g/mol. The molecule has 2 N–H and O–H groups in total. The Labute approximate surface area is 97.4 Å². The summed E-state index contributed by atoms with van der Waals surface area (Å²) in [4.78, 5) is 11.0. The second kappa shape index (κ2) is 3.85. The lowest BCUT2D eigenvalue weighted by molar-refractivity contribution is 0.225. The number of hydrogen-bond acceptors (Lipinski definition) is 1. The van der Waals surface area contributed by atoms with Gasteiger partial charge in [0.2, 0.25) is 0 Å². The van der Waals surface area contributed by atoms with Crippen molar-refractivity contribution in [3.8, 4) is 0 Å². The molecule has 1 aromatic carbocycles. The number of rotatable bonds is 1. The van der Waals surface area contributed by atoms with E-state index in [1.165, 1.54) is 5.56 Å². The summed E-state index contributed by atoms with van der Waals surface area (Å²) < 4.78 is 1.07. The van der Waals surface area contributed by atoms with Crippen molar-refractivity contribution in [1.82, 2.24) is 10.6 Å². The van der Waals surface area contributed by atoms with Gasteiger partial charge in [-0.2, -0.15) is 0 Å². The largest absolute Gasteiger partial charge is 0.337 e. The lowest BCUT2D eigenvalue weighted by Crippen LogP contribution is -2.55. The highest BCUT2D eigenvalue weighted by Gasteiger charge is 2.31. The molecule has 0 bridgehead atoms. The number of nitrogens with one attached hydrogen (secondary N) is 2. The standard InChI is InChI=1S/C11H13BrN2O/c1-11(6-13-10(15)14-7-11)8-3-2-4-9(12)5-8/h2-5H,6-7H2,1H3,(H2,13,14,15). The summed E-state index contributed by atoms with van der Waals surface area (Å²) in [6.07, 6.45) is 0. The maximum atomic E-state index is 11.0. The van der Waals surface area contributed by atoms with Crippen LogP contribution in [0, 0.1) is 0 Å². The molecule has 0 atom stereocenters. The lowest BCUT2D eigenvalue weighted by Gasteiger charge is -2.34. The highest BCUT2D eigenvalue weighted by molar-refractivity contribution is 9.10. The third kappa shape index (κ3) is 2.15. The Morgan fingerprint density at radius 3 is 2.60 bits per heavy atom. The van der Waals surface area contributed by atoms with Crippen LogP contribution in [0.25, 0.3) is 0 Å². The summed E-state index contributed by atoms with van der Waals surface area (Å²) in [6, 6.07) is 8.12. The highest BCUT2D eigenvalue weighted by Crippen LogP contribution is 2.26. The fourth-order valence-electron chi connectivity index (χ4n) is 1.74. The normalized spacial score (nSPS) is 19.2. The number of urea groups is 1. The Hall–Kier alpha value is -1.03. The third-order valence-corrected chi connectivity index (χ3v) is 3.29. The Balaban J connectivity index is 2.25. The monoisotopic (exact) mass is 268 g/mol. The molecular formula is C11H13BrN2O. The first kappa shape index (κ1) is 10.5. The van der Waals surface area contributed by atoms with E-state index in [9.17, 15) is 4.79 Å². The summed E-state index contributed by atoms with van der Waals surface area (Å²) >= 11 is 3.46. The Morgan fingerprint density at radius 1 is 1.33 bits per heavy atom. The maximum absolute atomic E-state index is 11.0. The minimum Gasteiger partial charge on any atom is -0.337 e. The fraction of sp³-hybridized carbons (Fsp3) is 0.364. The van der Waals surface area contributed by atoms with Gasteiger partial charge in [0.05, 0.1) is 0 Å². The lowest BCUT2D eigenvalue weighted by atomic mass is 9.81. The van der Waals surface area contributed by atoms with Crippen LogP contribution >= 0.6 is 15.9 Å². The van der Waals surface area contributed by atoms with Crippen molar-refractivity contribution in [2.45, 2.75) is 12.3 Å². The van der Waals surface area contributed by atoms with Gasteiger partial charge in [-0.15, -0.1) is 0 Å². The molecule has 0 saturated carbocycles. The molecule has 1 aromatic rings. The van der Waals surface area contributed by atoms with Crippen LogP contribution in [0.1, 0.15) is 12.5 Å². The van der Waals surface area contributed by atoms with Gasteiger partial charge in [-0.05, 0) is 17.7 Å². The molecule has 1 fully saturated rings. The van der Waals surface area contributed by atoms with Crippen molar-refractivity contribution in [2.75, 3.05) is 13.1 Å². The molecule has 0 spiro atoms. The molecule has 0 unspecified atom stereocenters. The van der Waals surface area contributed by atoms with Crippen molar-refractivity contribution in [3.05, 3.63) is 34.3 Å². The van der Waals surface area contributed by atoms with E-state index < -0.39 is 0 Å². The van der Waals surface area contributed by atoms with Crippen LogP contribution in [0.4, 0.5) is 4.79 Å². The zero-order chi connectivity index (χ0) is 10.9. The van der Waals surface area contributed by atoms with E-state index in [4.69, 9.17) is 0 Å². The molecule has 1 aliphatic heterocycles. The van der Waals surface area contributed by atoms with Gasteiger partial charge in [-0.1, -0.05) is 35.0 Å². The summed E-state index contributed by atoms with van der Waals surface area (Å²) in [7, 11) is 0. The topological polar surface area (TPSA) is 41.1 Å². The molecule has 15 heavy (non-hydrogen) atoms. The molecule has 0 aromatic heterocycles. The summed E-state index contributed by atoms with van der Waals surface area (Å²) in [5, 5.41) is 5.65. The van der Waals surface area contributed by atoms with Gasteiger partial charge in [0.25, 0.3) is 0 Å². The molecule has 1 saturated heterocycles. The van der Waals surface area contributed by atoms with Gasteiger partial charge >= 0.3 is 6.03 Å². The van der Waals surface area contributed by atoms with E-state index in [0.717, 1.165) is 4.47 Å². The highest BCUT2D eigenvalue weighted by atomic mass is 79.9. The van der Waals surface area contributed by atoms with E-state index in [2.05, 4.69) is 45.6 Å². The van der Waals surface area contributed by atoms with Crippen LogP contribution < -0.4 is 10.6 Å². The Morgan fingerprint density at radius 2 is 2.00 bits per heavy atom. The van der Waals surface area contributed by atoms with Crippen molar-refractivity contribution in [2.24, 2.45) is 0 Å². The van der Waals surface area contributed by atoms with Crippen LogP contribution in [0.3, 0.4) is 0 Å². The number of amides is 2. The van der Waals surface area contributed by atoms with Gasteiger partial charge < -0.3 is 10.6 Å².